The number of nitrogens with zero attached hydrogens (tertiary/aromatic N) is 4. The van der Waals surface area contributed by atoms with Crippen LogP contribution in [0.3, 0.4) is 0 Å². The van der Waals surface area contributed by atoms with Gasteiger partial charge >= 0.3 is 0 Å². The maximum Gasteiger partial charge on any atom is 0.293 e. The average molecular weight is 529 g/mol. The third-order valence-electron chi connectivity index (χ3n) is 4.81. The van der Waals surface area contributed by atoms with Crippen molar-refractivity contribution in [3.8, 4) is 21.9 Å². The standard InChI is InChI=1S/C22H14Cl2N6O2S2/c1-11-27-28-22-30(11)29-20(34-22)13-4-2-3-5-16(13)25-21(33)26-19(31)18-9-8-17(32-18)12-6-7-14(23)15(24)10-12/h2-10H,1H3,(H2,25,26,31,33). The number of carbonyl (C=O) groups is 1. The number of para-hydroxylation sites is 1. The predicted octanol–water partition coefficient (Wildman–Crippen LogP) is 5.85. The number of rotatable bonds is 4. The summed E-state index contributed by atoms with van der Waals surface area (Å²) in [5.41, 5.74) is 2.20. The van der Waals surface area contributed by atoms with Crippen LogP contribution in [0.5, 0.6) is 0 Å². The molecule has 2 aromatic carbocycles. The zero-order valence-corrected chi connectivity index (χ0v) is 20.5. The maximum absolute atomic E-state index is 12.7. The summed E-state index contributed by atoms with van der Waals surface area (Å²) in [6.45, 7) is 1.83. The molecular weight excluding hydrogens is 515 g/mol. The molecule has 0 fully saturated rings. The molecule has 5 rings (SSSR count). The number of hydrogen-bond acceptors (Lipinski definition) is 7. The SMILES string of the molecule is Cc1nnc2sc(-c3ccccc3NC(=S)NC(=O)c3ccc(-c4ccc(Cl)c(Cl)c4)o3)nn12. The number of furan rings is 1. The first kappa shape index (κ1) is 22.5. The van der Waals surface area contributed by atoms with Crippen LogP contribution >= 0.6 is 46.8 Å². The Morgan fingerprint density at radius 2 is 1.91 bits per heavy atom. The topological polar surface area (TPSA) is 97.3 Å². The smallest absolute Gasteiger partial charge is 0.293 e. The molecule has 0 radical (unpaired) electrons. The van der Waals surface area contributed by atoms with Gasteiger partial charge in [-0.15, -0.1) is 10.2 Å². The highest BCUT2D eigenvalue weighted by molar-refractivity contribution is 7.80. The van der Waals surface area contributed by atoms with Crippen LogP contribution in [-0.4, -0.2) is 30.8 Å². The van der Waals surface area contributed by atoms with Crippen LogP contribution in [0, 0.1) is 6.92 Å². The lowest BCUT2D eigenvalue weighted by molar-refractivity contribution is 0.0951. The van der Waals surface area contributed by atoms with Gasteiger partial charge in [-0.2, -0.15) is 9.61 Å². The average Bonchev–Trinajstić information content (AvgIpc) is 3.54. The van der Waals surface area contributed by atoms with Gasteiger partial charge in [0.15, 0.2) is 16.7 Å². The normalized spacial score (nSPS) is 11.0. The minimum absolute atomic E-state index is 0.0997. The van der Waals surface area contributed by atoms with Crippen LogP contribution in [-0.2, 0) is 0 Å². The van der Waals surface area contributed by atoms with Crippen molar-refractivity contribution in [1.29, 1.82) is 0 Å². The van der Waals surface area contributed by atoms with Gasteiger partial charge in [0.2, 0.25) is 4.96 Å². The van der Waals surface area contributed by atoms with E-state index in [1.807, 2.05) is 31.2 Å². The van der Waals surface area contributed by atoms with Crippen molar-refractivity contribution >= 4 is 68.4 Å². The lowest BCUT2D eigenvalue weighted by Gasteiger charge is -2.11. The molecule has 170 valence electrons. The summed E-state index contributed by atoms with van der Waals surface area (Å²) < 4.78 is 7.36. The Kier molecular flexibility index (Phi) is 6.05. The molecule has 0 unspecified atom stereocenters. The molecule has 0 atom stereocenters. The molecule has 1 amide bonds. The van der Waals surface area contributed by atoms with Gasteiger partial charge in [-0.25, -0.2) is 0 Å². The van der Waals surface area contributed by atoms with E-state index in [0.29, 0.717) is 37.8 Å². The number of halogens is 2. The Hall–Kier alpha value is -3.31. The van der Waals surface area contributed by atoms with E-state index in [-0.39, 0.29) is 10.9 Å². The molecular formula is C22H14Cl2N6O2S2. The van der Waals surface area contributed by atoms with E-state index in [1.54, 1.807) is 34.8 Å². The Balaban J connectivity index is 1.31. The Morgan fingerprint density at radius 3 is 2.71 bits per heavy atom. The van der Waals surface area contributed by atoms with Crippen molar-refractivity contribution in [2.75, 3.05) is 5.32 Å². The highest BCUT2D eigenvalue weighted by Gasteiger charge is 2.17. The van der Waals surface area contributed by atoms with Crippen LogP contribution in [0.4, 0.5) is 5.69 Å². The molecule has 0 spiro atoms. The summed E-state index contributed by atoms with van der Waals surface area (Å²) in [6.07, 6.45) is 0. The van der Waals surface area contributed by atoms with E-state index in [2.05, 4.69) is 25.9 Å². The number of anilines is 1. The number of hydrogen-bond donors (Lipinski definition) is 2. The third-order valence-corrected chi connectivity index (χ3v) is 6.69. The first-order valence-electron chi connectivity index (χ1n) is 9.85. The zero-order valence-electron chi connectivity index (χ0n) is 17.4. The number of amides is 1. The van der Waals surface area contributed by atoms with Crippen LogP contribution in [0.15, 0.2) is 59.0 Å². The van der Waals surface area contributed by atoms with Gasteiger partial charge in [0.25, 0.3) is 5.91 Å². The summed E-state index contributed by atoms with van der Waals surface area (Å²) >= 11 is 18.8. The van der Waals surface area contributed by atoms with E-state index in [0.717, 1.165) is 10.6 Å². The van der Waals surface area contributed by atoms with Gasteiger partial charge in [0.05, 0.1) is 15.7 Å². The number of fused-ring (bicyclic) bond motifs is 1. The zero-order chi connectivity index (χ0) is 23.8. The van der Waals surface area contributed by atoms with Gasteiger partial charge in [0, 0.05) is 11.1 Å². The third kappa shape index (κ3) is 4.40. The fourth-order valence-electron chi connectivity index (χ4n) is 3.18. The van der Waals surface area contributed by atoms with Crippen molar-refractivity contribution in [2.24, 2.45) is 0 Å². The first-order valence-corrected chi connectivity index (χ1v) is 11.8. The van der Waals surface area contributed by atoms with Crippen molar-refractivity contribution in [3.63, 3.8) is 0 Å². The number of aryl methyl sites for hydroxylation is 1. The van der Waals surface area contributed by atoms with E-state index in [1.165, 1.54) is 11.3 Å². The predicted molar refractivity (Wildman–Crippen MR) is 137 cm³/mol. The molecule has 5 aromatic rings. The van der Waals surface area contributed by atoms with Crippen LogP contribution in [0.25, 0.3) is 26.9 Å². The maximum atomic E-state index is 12.7. The first-order chi connectivity index (χ1) is 16.4. The Morgan fingerprint density at radius 1 is 1.09 bits per heavy atom. The van der Waals surface area contributed by atoms with Crippen LogP contribution < -0.4 is 10.6 Å². The molecule has 0 aliphatic heterocycles. The fraction of sp³-hybridized carbons (Fsp3) is 0.0455. The lowest BCUT2D eigenvalue weighted by atomic mass is 10.2. The van der Waals surface area contributed by atoms with Crippen molar-refractivity contribution in [2.45, 2.75) is 6.92 Å². The highest BCUT2D eigenvalue weighted by Crippen LogP contribution is 2.32. The second kappa shape index (κ2) is 9.15. The van der Waals surface area contributed by atoms with Gasteiger partial charge in [-0.1, -0.05) is 46.7 Å². The van der Waals surface area contributed by atoms with E-state index in [9.17, 15) is 4.79 Å². The van der Waals surface area contributed by atoms with E-state index >= 15 is 0 Å². The minimum Gasteiger partial charge on any atom is -0.451 e. The summed E-state index contributed by atoms with van der Waals surface area (Å²) in [4.78, 5) is 13.4. The van der Waals surface area contributed by atoms with Crippen LogP contribution in [0.1, 0.15) is 16.4 Å². The summed E-state index contributed by atoms with van der Waals surface area (Å²) in [5, 5.41) is 20.1. The summed E-state index contributed by atoms with van der Waals surface area (Å²) in [6, 6.07) is 15.8. The molecule has 0 saturated carbocycles. The lowest BCUT2D eigenvalue weighted by Crippen LogP contribution is -2.34. The molecule has 0 bridgehead atoms. The molecule has 12 heteroatoms. The van der Waals surface area contributed by atoms with Gasteiger partial charge in [-0.05, 0) is 61.6 Å². The molecule has 3 aromatic heterocycles. The molecule has 0 aliphatic rings. The van der Waals surface area contributed by atoms with Crippen molar-refractivity contribution < 1.29 is 9.21 Å². The van der Waals surface area contributed by atoms with E-state index < -0.39 is 5.91 Å². The second-order valence-electron chi connectivity index (χ2n) is 7.10. The fourth-order valence-corrected chi connectivity index (χ4v) is 4.61. The van der Waals surface area contributed by atoms with Gasteiger partial charge < -0.3 is 9.73 Å². The summed E-state index contributed by atoms with van der Waals surface area (Å²) in [5.74, 6) is 0.786. The largest absolute Gasteiger partial charge is 0.451 e. The van der Waals surface area contributed by atoms with Crippen molar-refractivity contribution in [3.05, 3.63) is 76.2 Å². The number of aromatic nitrogens is 4. The number of nitrogens with one attached hydrogen (secondary N) is 2. The molecule has 0 aliphatic carbocycles. The molecule has 3 heterocycles. The Bertz CT molecular complexity index is 1560. The second-order valence-corrected chi connectivity index (χ2v) is 9.27. The van der Waals surface area contributed by atoms with Gasteiger partial charge in [-0.3, -0.25) is 10.1 Å². The quantitative estimate of drug-likeness (QED) is 0.282. The number of carbonyl (C=O) groups excluding carboxylic acids is 1. The van der Waals surface area contributed by atoms with E-state index in [4.69, 9.17) is 39.8 Å². The van der Waals surface area contributed by atoms with Crippen molar-refractivity contribution in [1.82, 2.24) is 25.1 Å². The number of thiocarbonyl (C=S) groups is 1. The van der Waals surface area contributed by atoms with Crippen LogP contribution in [0.2, 0.25) is 10.0 Å². The molecule has 2 N–H and O–H groups in total. The van der Waals surface area contributed by atoms with Gasteiger partial charge in [0.1, 0.15) is 10.8 Å². The molecule has 8 nitrogen and oxygen atoms in total. The molecule has 0 saturated heterocycles. The minimum atomic E-state index is -0.490. The monoisotopic (exact) mass is 528 g/mol. The Labute approximate surface area is 212 Å². The molecule has 34 heavy (non-hydrogen) atoms. The highest BCUT2D eigenvalue weighted by atomic mass is 35.5. The number of benzene rings is 2. The summed E-state index contributed by atoms with van der Waals surface area (Å²) in [7, 11) is 0.